The van der Waals surface area contributed by atoms with Crippen molar-refractivity contribution in [2.75, 3.05) is 11.9 Å². The molecule has 4 nitrogen and oxygen atoms in total. The first-order chi connectivity index (χ1) is 7.03. The standard InChI is InChI=1S/C10H14N2O2S/c1-10(2,7-13)14-9(15)12-8-5-3-4-6-11-8/h3-6,13H,7H2,1-2H3,(H,11,12,15). The highest BCUT2D eigenvalue weighted by atomic mass is 32.1. The molecule has 0 atom stereocenters. The Morgan fingerprint density at radius 3 is 2.87 bits per heavy atom. The molecule has 0 saturated carbocycles. The second kappa shape index (κ2) is 5.04. The molecule has 0 aliphatic heterocycles. The van der Waals surface area contributed by atoms with E-state index in [1.54, 1.807) is 26.1 Å². The summed E-state index contributed by atoms with van der Waals surface area (Å²) in [5.41, 5.74) is -0.682. The number of aliphatic hydroxyl groups excluding tert-OH is 1. The highest BCUT2D eigenvalue weighted by Crippen LogP contribution is 2.10. The molecule has 1 aromatic heterocycles. The van der Waals surface area contributed by atoms with Gasteiger partial charge in [0, 0.05) is 6.20 Å². The second-order valence-electron chi connectivity index (χ2n) is 3.65. The zero-order valence-electron chi connectivity index (χ0n) is 8.73. The van der Waals surface area contributed by atoms with Crippen molar-refractivity contribution in [2.45, 2.75) is 19.4 Å². The molecule has 1 heterocycles. The van der Waals surface area contributed by atoms with Gasteiger partial charge in [-0.05, 0) is 38.2 Å². The Hall–Kier alpha value is -1.20. The number of aliphatic hydroxyl groups is 1. The van der Waals surface area contributed by atoms with Crippen LogP contribution in [-0.2, 0) is 4.74 Å². The molecule has 2 N–H and O–H groups in total. The molecule has 15 heavy (non-hydrogen) atoms. The van der Waals surface area contributed by atoms with Crippen LogP contribution in [0.4, 0.5) is 5.82 Å². The highest BCUT2D eigenvalue weighted by molar-refractivity contribution is 7.80. The number of ether oxygens (including phenoxy) is 1. The van der Waals surface area contributed by atoms with Gasteiger partial charge in [0.05, 0.1) is 6.61 Å². The Bertz CT molecular complexity index is 327. The first-order valence-corrected chi connectivity index (χ1v) is 4.96. The predicted octanol–water partition coefficient (Wildman–Crippen LogP) is 1.57. The molecule has 0 saturated heterocycles. The lowest BCUT2D eigenvalue weighted by Crippen LogP contribution is -2.34. The van der Waals surface area contributed by atoms with E-state index in [1.165, 1.54) is 0 Å². The minimum Gasteiger partial charge on any atom is -0.462 e. The summed E-state index contributed by atoms with van der Waals surface area (Å²) in [7, 11) is 0. The van der Waals surface area contributed by atoms with Gasteiger partial charge in [-0.15, -0.1) is 0 Å². The lowest BCUT2D eigenvalue weighted by molar-refractivity contribution is 0.0335. The summed E-state index contributed by atoms with van der Waals surface area (Å²) in [6, 6.07) is 5.43. The van der Waals surface area contributed by atoms with E-state index in [9.17, 15) is 0 Å². The predicted molar refractivity (Wildman–Crippen MR) is 62.7 cm³/mol. The lowest BCUT2D eigenvalue weighted by Gasteiger charge is -2.24. The number of anilines is 1. The largest absolute Gasteiger partial charge is 0.462 e. The van der Waals surface area contributed by atoms with Gasteiger partial charge in [-0.2, -0.15) is 0 Å². The van der Waals surface area contributed by atoms with Crippen molar-refractivity contribution in [2.24, 2.45) is 0 Å². The summed E-state index contributed by atoms with van der Waals surface area (Å²) in [6.07, 6.45) is 1.65. The molecular weight excluding hydrogens is 212 g/mol. The van der Waals surface area contributed by atoms with Crippen molar-refractivity contribution in [1.82, 2.24) is 4.98 Å². The fourth-order valence-corrected chi connectivity index (χ4v) is 1.18. The molecule has 1 rings (SSSR count). The monoisotopic (exact) mass is 226 g/mol. The molecule has 0 aliphatic rings. The number of hydrogen-bond acceptors (Lipinski definition) is 4. The van der Waals surface area contributed by atoms with Crippen LogP contribution < -0.4 is 5.32 Å². The van der Waals surface area contributed by atoms with E-state index in [0.29, 0.717) is 5.82 Å². The average molecular weight is 226 g/mol. The Labute approximate surface area is 94.3 Å². The van der Waals surface area contributed by atoms with Crippen LogP contribution in [0, 0.1) is 0 Å². The van der Waals surface area contributed by atoms with Crippen molar-refractivity contribution in [3.63, 3.8) is 0 Å². The zero-order chi connectivity index (χ0) is 11.3. The van der Waals surface area contributed by atoms with Gasteiger partial charge in [0.2, 0.25) is 0 Å². The Morgan fingerprint density at radius 2 is 2.33 bits per heavy atom. The van der Waals surface area contributed by atoms with E-state index in [-0.39, 0.29) is 11.8 Å². The van der Waals surface area contributed by atoms with Crippen LogP contribution in [0.15, 0.2) is 24.4 Å². The summed E-state index contributed by atoms with van der Waals surface area (Å²) in [6.45, 7) is 3.40. The van der Waals surface area contributed by atoms with Gasteiger partial charge >= 0.3 is 0 Å². The van der Waals surface area contributed by atoms with Gasteiger partial charge < -0.3 is 15.2 Å². The van der Waals surface area contributed by atoms with Gasteiger partial charge in [-0.3, -0.25) is 0 Å². The third kappa shape index (κ3) is 4.22. The summed E-state index contributed by atoms with van der Waals surface area (Å²) in [4.78, 5) is 4.03. The maximum absolute atomic E-state index is 8.98. The van der Waals surface area contributed by atoms with Crippen molar-refractivity contribution >= 4 is 23.2 Å². The van der Waals surface area contributed by atoms with Crippen LogP contribution in [-0.4, -0.2) is 27.5 Å². The minimum atomic E-state index is -0.682. The SMILES string of the molecule is CC(C)(CO)OC(=S)Nc1ccccn1. The van der Waals surface area contributed by atoms with Gasteiger partial charge in [0.25, 0.3) is 5.17 Å². The van der Waals surface area contributed by atoms with Crippen molar-refractivity contribution in [3.05, 3.63) is 24.4 Å². The maximum Gasteiger partial charge on any atom is 0.262 e. The normalized spacial score (nSPS) is 10.9. The van der Waals surface area contributed by atoms with Crippen LogP contribution in [0.3, 0.4) is 0 Å². The third-order valence-electron chi connectivity index (χ3n) is 1.64. The summed E-state index contributed by atoms with van der Waals surface area (Å²) >= 11 is 4.97. The number of rotatable bonds is 3. The van der Waals surface area contributed by atoms with E-state index < -0.39 is 5.60 Å². The number of pyridine rings is 1. The quantitative estimate of drug-likeness (QED) is 0.766. The Morgan fingerprint density at radius 1 is 1.60 bits per heavy atom. The van der Waals surface area contributed by atoms with E-state index in [2.05, 4.69) is 10.3 Å². The molecule has 1 aromatic rings. The molecule has 0 aliphatic carbocycles. The maximum atomic E-state index is 8.98. The third-order valence-corrected chi connectivity index (χ3v) is 1.83. The Balaban J connectivity index is 2.51. The van der Waals surface area contributed by atoms with Crippen molar-refractivity contribution in [3.8, 4) is 0 Å². The molecular formula is C10H14N2O2S. The topological polar surface area (TPSA) is 54.4 Å². The molecule has 0 bridgehead atoms. The minimum absolute atomic E-state index is 0.100. The molecule has 0 unspecified atom stereocenters. The molecule has 5 heteroatoms. The molecule has 0 amide bonds. The van der Waals surface area contributed by atoms with Crippen LogP contribution in [0.1, 0.15) is 13.8 Å². The molecule has 82 valence electrons. The lowest BCUT2D eigenvalue weighted by atomic mass is 10.2. The van der Waals surface area contributed by atoms with Gasteiger partial charge in [-0.25, -0.2) is 4.98 Å². The van der Waals surface area contributed by atoms with E-state index in [4.69, 9.17) is 22.1 Å². The fourth-order valence-electron chi connectivity index (χ4n) is 0.850. The van der Waals surface area contributed by atoms with Crippen LogP contribution in [0.25, 0.3) is 0 Å². The summed E-state index contributed by atoms with van der Waals surface area (Å²) in [5, 5.41) is 12.0. The van der Waals surface area contributed by atoms with Gasteiger partial charge in [0.1, 0.15) is 11.4 Å². The number of aromatic nitrogens is 1. The van der Waals surface area contributed by atoms with Crippen molar-refractivity contribution in [1.29, 1.82) is 0 Å². The first-order valence-electron chi connectivity index (χ1n) is 4.55. The molecule has 0 fully saturated rings. The van der Waals surface area contributed by atoms with Crippen LogP contribution >= 0.6 is 12.2 Å². The zero-order valence-corrected chi connectivity index (χ0v) is 9.54. The number of nitrogens with one attached hydrogen (secondary N) is 1. The Kier molecular flexibility index (Phi) is 3.99. The smallest absolute Gasteiger partial charge is 0.262 e. The van der Waals surface area contributed by atoms with Crippen molar-refractivity contribution < 1.29 is 9.84 Å². The average Bonchev–Trinajstić information content (AvgIpc) is 2.18. The van der Waals surface area contributed by atoms with E-state index in [1.807, 2.05) is 12.1 Å². The van der Waals surface area contributed by atoms with Crippen LogP contribution in [0.2, 0.25) is 0 Å². The highest BCUT2D eigenvalue weighted by Gasteiger charge is 2.19. The fraction of sp³-hybridized carbons (Fsp3) is 0.400. The summed E-state index contributed by atoms with van der Waals surface area (Å²) < 4.78 is 5.32. The second-order valence-corrected chi connectivity index (χ2v) is 4.02. The van der Waals surface area contributed by atoms with Gasteiger partial charge in [0.15, 0.2) is 0 Å². The molecule has 0 radical (unpaired) electrons. The molecule has 0 spiro atoms. The number of nitrogens with zero attached hydrogens (tertiary/aromatic N) is 1. The van der Waals surface area contributed by atoms with Crippen LogP contribution in [0.5, 0.6) is 0 Å². The van der Waals surface area contributed by atoms with E-state index in [0.717, 1.165) is 0 Å². The summed E-state index contributed by atoms with van der Waals surface area (Å²) in [5.74, 6) is 0.622. The molecule has 0 aromatic carbocycles. The number of hydrogen-bond donors (Lipinski definition) is 2. The van der Waals surface area contributed by atoms with E-state index >= 15 is 0 Å². The van der Waals surface area contributed by atoms with Gasteiger partial charge in [-0.1, -0.05) is 6.07 Å². The first kappa shape index (κ1) is 11.9. The number of thiocarbonyl (C=S) groups is 1.